The molecule has 1 aliphatic rings. The van der Waals surface area contributed by atoms with E-state index >= 15 is 0 Å². The minimum Gasteiger partial charge on any atom is -0.445 e. The summed E-state index contributed by atoms with van der Waals surface area (Å²) in [4.78, 5) is 23.3. The third-order valence-electron chi connectivity index (χ3n) is 4.67. The SMILES string of the molecule is O=C(OCc1ccccc1)N1CCCC[C@H]1c1nc(Br)c2cnccn12. The lowest BCUT2D eigenvalue weighted by Crippen LogP contribution is -2.39. The number of nitrogens with zero attached hydrogens (tertiary/aromatic N) is 4. The highest BCUT2D eigenvalue weighted by Crippen LogP contribution is 2.33. The van der Waals surface area contributed by atoms with Gasteiger partial charge in [-0.1, -0.05) is 30.3 Å². The van der Waals surface area contributed by atoms with Crippen LogP contribution in [0.3, 0.4) is 0 Å². The van der Waals surface area contributed by atoms with Gasteiger partial charge in [0.1, 0.15) is 17.0 Å². The van der Waals surface area contributed by atoms with Crippen LogP contribution in [-0.2, 0) is 11.3 Å². The van der Waals surface area contributed by atoms with E-state index < -0.39 is 0 Å². The Morgan fingerprint density at radius 3 is 2.96 bits per heavy atom. The fourth-order valence-corrected chi connectivity index (χ4v) is 3.86. The first-order valence-electron chi connectivity index (χ1n) is 8.69. The standard InChI is InChI=1S/C19H19BrN4O2/c20-17-16-12-21-9-11-23(16)18(22-17)15-8-4-5-10-24(15)19(25)26-13-14-6-2-1-3-7-14/h1-3,6-7,9,11-12,15H,4-5,8,10,13H2/t15-/m0/s1. The molecule has 1 aliphatic heterocycles. The third kappa shape index (κ3) is 3.31. The summed E-state index contributed by atoms with van der Waals surface area (Å²) in [5, 5.41) is 0. The molecule has 1 aromatic carbocycles. The van der Waals surface area contributed by atoms with Crippen molar-refractivity contribution >= 4 is 27.5 Å². The van der Waals surface area contributed by atoms with Gasteiger partial charge < -0.3 is 4.74 Å². The molecule has 1 atom stereocenters. The quantitative estimate of drug-likeness (QED) is 0.638. The topological polar surface area (TPSA) is 59.7 Å². The normalized spacial score (nSPS) is 17.4. The van der Waals surface area contributed by atoms with E-state index in [0.717, 1.165) is 40.8 Å². The molecule has 0 bridgehead atoms. The van der Waals surface area contributed by atoms with Crippen LogP contribution < -0.4 is 0 Å². The molecule has 0 unspecified atom stereocenters. The van der Waals surface area contributed by atoms with Crippen molar-refractivity contribution in [3.8, 4) is 0 Å². The second-order valence-electron chi connectivity index (χ2n) is 6.34. The number of carbonyl (C=O) groups is 1. The van der Waals surface area contributed by atoms with Crippen LogP contribution in [0.2, 0.25) is 0 Å². The number of hydrogen-bond donors (Lipinski definition) is 0. The van der Waals surface area contributed by atoms with Gasteiger partial charge in [0.2, 0.25) is 0 Å². The summed E-state index contributed by atoms with van der Waals surface area (Å²) in [6, 6.07) is 9.63. The van der Waals surface area contributed by atoms with Crippen LogP contribution in [0.4, 0.5) is 4.79 Å². The van der Waals surface area contributed by atoms with Gasteiger partial charge in [0, 0.05) is 18.9 Å². The molecule has 3 heterocycles. The molecule has 7 heteroatoms. The van der Waals surface area contributed by atoms with Crippen molar-refractivity contribution in [3.05, 3.63) is 64.9 Å². The van der Waals surface area contributed by atoms with E-state index in [4.69, 9.17) is 4.74 Å². The van der Waals surface area contributed by atoms with Gasteiger partial charge >= 0.3 is 6.09 Å². The number of aromatic nitrogens is 3. The molecule has 1 fully saturated rings. The minimum atomic E-state index is -0.291. The molecule has 134 valence electrons. The average molecular weight is 415 g/mol. The first-order valence-corrected chi connectivity index (χ1v) is 9.48. The molecule has 0 N–H and O–H groups in total. The number of hydrogen-bond acceptors (Lipinski definition) is 4. The molecule has 2 aromatic heterocycles. The molecular weight excluding hydrogens is 396 g/mol. The average Bonchev–Trinajstić information content (AvgIpc) is 3.04. The third-order valence-corrected chi connectivity index (χ3v) is 5.25. The Labute approximate surface area is 159 Å². The minimum absolute atomic E-state index is 0.103. The maximum atomic E-state index is 12.7. The van der Waals surface area contributed by atoms with Crippen molar-refractivity contribution in [3.63, 3.8) is 0 Å². The zero-order chi connectivity index (χ0) is 17.9. The summed E-state index contributed by atoms with van der Waals surface area (Å²) in [6.07, 6.45) is 7.99. The van der Waals surface area contributed by atoms with Crippen LogP contribution >= 0.6 is 15.9 Å². The van der Waals surface area contributed by atoms with Crippen molar-refractivity contribution in [2.45, 2.75) is 31.9 Å². The van der Waals surface area contributed by atoms with Gasteiger partial charge in [-0.2, -0.15) is 0 Å². The van der Waals surface area contributed by atoms with Crippen LogP contribution in [0.1, 0.15) is 36.7 Å². The van der Waals surface area contributed by atoms with Gasteiger partial charge in [0.25, 0.3) is 0 Å². The van der Waals surface area contributed by atoms with Gasteiger partial charge in [-0.25, -0.2) is 9.78 Å². The number of rotatable bonds is 3. The number of fused-ring (bicyclic) bond motifs is 1. The number of carbonyl (C=O) groups excluding carboxylic acids is 1. The van der Waals surface area contributed by atoms with E-state index in [0.29, 0.717) is 6.54 Å². The zero-order valence-electron chi connectivity index (χ0n) is 14.2. The summed E-state index contributed by atoms with van der Waals surface area (Å²) in [5.41, 5.74) is 1.88. The Morgan fingerprint density at radius 1 is 1.27 bits per heavy atom. The Hall–Kier alpha value is -2.41. The van der Waals surface area contributed by atoms with Crippen LogP contribution in [-0.4, -0.2) is 31.9 Å². The van der Waals surface area contributed by atoms with Gasteiger partial charge in [-0.15, -0.1) is 0 Å². The molecule has 0 radical (unpaired) electrons. The fourth-order valence-electron chi connectivity index (χ4n) is 3.38. The summed E-state index contributed by atoms with van der Waals surface area (Å²) in [6.45, 7) is 0.953. The molecule has 1 amide bonds. The molecule has 26 heavy (non-hydrogen) atoms. The first-order chi connectivity index (χ1) is 12.7. The Balaban J connectivity index is 1.57. The highest BCUT2D eigenvalue weighted by Gasteiger charge is 2.32. The number of ether oxygens (including phenoxy) is 1. The second-order valence-corrected chi connectivity index (χ2v) is 7.09. The Kier molecular flexibility index (Phi) is 4.88. The Bertz CT molecular complexity index is 912. The molecule has 1 saturated heterocycles. The monoisotopic (exact) mass is 414 g/mol. The van der Waals surface area contributed by atoms with Crippen LogP contribution in [0, 0.1) is 0 Å². The fraction of sp³-hybridized carbons (Fsp3) is 0.316. The van der Waals surface area contributed by atoms with E-state index in [1.54, 1.807) is 17.3 Å². The van der Waals surface area contributed by atoms with Crippen LogP contribution in [0.25, 0.3) is 5.52 Å². The lowest BCUT2D eigenvalue weighted by Gasteiger charge is -2.34. The van der Waals surface area contributed by atoms with Crippen molar-refractivity contribution in [2.75, 3.05) is 6.54 Å². The van der Waals surface area contributed by atoms with Crippen LogP contribution in [0.15, 0.2) is 53.5 Å². The van der Waals surface area contributed by atoms with Crippen LogP contribution in [0.5, 0.6) is 0 Å². The van der Waals surface area contributed by atoms with E-state index in [1.807, 2.05) is 40.9 Å². The smallest absolute Gasteiger partial charge is 0.410 e. The van der Waals surface area contributed by atoms with Gasteiger partial charge in [-0.05, 0) is 40.8 Å². The van der Waals surface area contributed by atoms with Gasteiger partial charge in [-0.3, -0.25) is 14.3 Å². The van der Waals surface area contributed by atoms with E-state index in [9.17, 15) is 4.79 Å². The molecule has 0 spiro atoms. The maximum absolute atomic E-state index is 12.7. The molecule has 0 aliphatic carbocycles. The van der Waals surface area contributed by atoms with E-state index in [-0.39, 0.29) is 18.7 Å². The summed E-state index contributed by atoms with van der Waals surface area (Å²) in [7, 11) is 0. The number of halogens is 1. The predicted octanol–water partition coefficient (Wildman–Crippen LogP) is 4.36. The van der Waals surface area contributed by atoms with Crippen molar-refractivity contribution in [1.29, 1.82) is 0 Å². The number of benzene rings is 1. The molecule has 0 saturated carbocycles. The molecule has 6 nitrogen and oxygen atoms in total. The number of piperidine rings is 1. The largest absolute Gasteiger partial charge is 0.445 e. The lowest BCUT2D eigenvalue weighted by atomic mass is 10.0. The first kappa shape index (κ1) is 17.0. The number of amides is 1. The molecule has 4 rings (SSSR count). The summed E-state index contributed by atoms with van der Waals surface area (Å²) >= 11 is 3.50. The lowest BCUT2D eigenvalue weighted by molar-refractivity contribution is 0.0657. The molecule has 3 aromatic rings. The van der Waals surface area contributed by atoms with Crippen molar-refractivity contribution in [1.82, 2.24) is 19.3 Å². The second kappa shape index (κ2) is 7.45. The van der Waals surface area contributed by atoms with E-state index in [1.165, 1.54) is 0 Å². The zero-order valence-corrected chi connectivity index (χ0v) is 15.8. The van der Waals surface area contributed by atoms with Gasteiger partial charge in [0.15, 0.2) is 0 Å². The number of likely N-dealkylation sites (tertiary alicyclic amines) is 1. The molecular formula is C19H19BrN4O2. The van der Waals surface area contributed by atoms with Crippen molar-refractivity contribution in [2.24, 2.45) is 0 Å². The van der Waals surface area contributed by atoms with E-state index in [2.05, 4.69) is 25.9 Å². The predicted molar refractivity (Wildman–Crippen MR) is 101 cm³/mol. The van der Waals surface area contributed by atoms with Crippen molar-refractivity contribution < 1.29 is 9.53 Å². The summed E-state index contributed by atoms with van der Waals surface area (Å²) < 4.78 is 8.29. The number of imidazole rings is 1. The highest BCUT2D eigenvalue weighted by atomic mass is 79.9. The maximum Gasteiger partial charge on any atom is 0.410 e. The van der Waals surface area contributed by atoms with Gasteiger partial charge in [0.05, 0.1) is 17.8 Å². The highest BCUT2D eigenvalue weighted by molar-refractivity contribution is 9.10. The Morgan fingerprint density at radius 2 is 2.12 bits per heavy atom. The summed E-state index contributed by atoms with van der Waals surface area (Å²) in [5.74, 6) is 0.839.